The fourth-order valence-electron chi connectivity index (χ4n) is 2.37. The van der Waals surface area contributed by atoms with E-state index in [1.54, 1.807) is 11.0 Å². The molecule has 0 spiro atoms. The van der Waals surface area contributed by atoms with Crippen molar-refractivity contribution in [3.05, 3.63) is 29.3 Å². The van der Waals surface area contributed by atoms with E-state index in [-0.39, 0.29) is 18.6 Å². The zero-order valence-corrected chi connectivity index (χ0v) is 11.2. The van der Waals surface area contributed by atoms with Gasteiger partial charge in [0, 0.05) is 12.6 Å². The van der Waals surface area contributed by atoms with Crippen molar-refractivity contribution in [1.82, 2.24) is 4.90 Å². The molecule has 19 heavy (non-hydrogen) atoms. The molecule has 4 N–H and O–H groups in total. The normalized spacial score (nSPS) is 14.9. The van der Waals surface area contributed by atoms with Crippen molar-refractivity contribution in [2.24, 2.45) is 5.84 Å². The molecule has 0 saturated heterocycles. The molecule has 1 fully saturated rings. The maximum absolute atomic E-state index is 12.6. The van der Waals surface area contributed by atoms with Crippen molar-refractivity contribution < 1.29 is 9.90 Å². The highest BCUT2D eigenvalue weighted by atomic mass is 16.3. The molecule has 1 aromatic carbocycles. The summed E-state index contributed by atoms with van der Waals surface area (Å²) in [4.78, 5) is 14.3. The zero-order chi connectivity index (χ0) is 13.8. The van der Waals surface area contributed by atoms with Gasteiger partial charge in [-0.2, -0.15) is 0 Å². The molecule has 1 amide bonds. The molecular weight excluding hydrogens is 242 g/mol. The lowest BCUT2D eigenvalue weighted by Gasteiger charge is -2.37. The first-order chi connectivity index (χ1) is 9.17. The molecule has 0 atom stereocenters. The minimum atomic E-state index is -0.0632. The van der Waals surface area contributed by atoms with Gasteiger partial charge in [-0.25, -0.2) is 0 Å². The molecule has 1 aliphatic rings. The SMILES string of the molecule is Cc1ccc(C(=O)N(CCO)C2CCC2)c(NN)c1. The van der Waals surface area contributed by atoms with E-state index in [1.807, 2.05) is 19.1 Å². The van der Waals surface area contributed by atoms with E-state index in [1.165, 1.54) is 0 Å². The average Bonchev–Trinajstić information content (AvgIpc) is 2.35. The molecule has 0 aliphatic heterocycles. The quantitative estimate of drug-likeness (QED) is 0.552. The van der Waals surface area contributed by atoms with Crippen LogP contribution >= 0.6 is 0 Å². The summed E-state index contributed by atoms with van der Waals surface area (Å²) in [5.41, 5.74) is 4.82. The smallest absolute Gasteiger partial charge is 0.256 e. The maximum Gasteiger partial charge on any atom is 0.256 e. The Kier molecular flexibility index (Phi) is 4.39. The number of nitrogens with zero attached hydrogens (tertiary/aromatic N) is 1. The van der Waals surface area contributed by atoms with E-state index in [9.17, 15) is 4.79 Å². The summed E-state index contributed by atoms with van der Waals surface area (Å²) in [6.07, 6.45) is 3.18. The van der Waals surface area contributed by atoms with E-state index in [2.05, 4.69) is 5.43 Å². The van der Waals surface area contributed by atoms with Crippen LogP contribution in [0.3, 0.4) is 0 Å². The van der Waals surface area contributed by atoms with E-state index in [0.717, 1.165) is 24.8 Å². The van der Waals surface area contributed by atoms with Crippen molar-refractivity contribution in [1.29, 1.82) is 0 Å². The third kappa shape index (κ3) is 2.88. The zero-order valence-electron chi connectivity index (χ0n) is 11.2. The number of rotatable bonds is 5. The van der Waals surface area contributed by atoms with Crippen LogP contribution in [0, 0.1) is 6.92 Å². The topological polar surface area (TPSA) is 78.6 Å². The fourth-order valence-corrected chi connectivity index (χ4v) is 2.37. The number of nitrogens with one attached hydrogen (secondary N) is 1. The predicted molar refractivity (Wildman–Crippen MR) is 74.8 cm³/mol. The lowest BCUT2D eigenvalue weighted by molar-refractivity contribution is 0.0526. The minimum absolute atomic E-state index is 0.0144. The summed E-state index contributed by atoms with van der Waals surface area (Å²) in [7, 11) is 0. The van der Waals surface area contributed by atoms with Gasteiger partial charge < -0.3 is 15.4 Å². The number of anilines is 1. The summed E-state index contributed by atoms with van der Waals surface area (Å²) in [6, 6.07) is 5.79. The minimum Gasteiger partial charge on any atom is -0.395 e. The number of hydrogen-bond acceptors (Lipinski definition) is 4. The van der Waals surface area contributed by atoms with Gasteiger partial charge in [0.2, 0.25) is 0 Å². The highest BCUT2D eigenvalue weighted by molar-refractivity contribution is 5.99. The molecule has 0 bridgehead atoms. The lowest BCUT2D eigenvalue weighted by Crippen LogP contribution is -2.45. The number of carbonyl (C=O) groups excluding carboxylic acids is 1. The van der Waals surface area contributed by atoms with Gasteiger partial charge in [0.15, 0.2) is 0 Å². The highest BCUT2D eigenvalue weighted by Gasteiger charge is 2.29. The maximum atomic E-state index is 12.6. The standard InChI is InChI=1S/C14H21N3O2/c1-10-5-6-12(13(9-10)16-15)14(19)17(7-8-18)11-3-2-4-11/h5-6,9,11,16,18H,2-4,7-8,15H2,1H3. The van der Waals surface area contributed by atoms with Crippen LogP contribution in [0.25, 0.3) is 0 Å². The van der Waals surface area contributed by atoms with Crippen molar-refractivity contribution >= 4 is 11.6 Å². The number of nitrogens with two attached hydrogens (primary N) is 1. The second-order valence-corrected chi connectivity index (χ2v) is 5.00. The third-order valence-corrected chi connectivity index (χ3v) is 3.68. The van der Waals surface area contributed by atoms with Crippen LogP contribution in [0.15, 0.2) is 18.2 Å². The first kappa shape index (κ1) is 13.8. The summed E-state index contributed by atoms with van der Waals surface area (Å²) < 4.78 is 0. The van der Waals surface area contributed by atoms with Crippen LogP contribution in [0.1, 0.15) is 35.2 Å². The first-order valence-corrected chi connectivity index (χ1v) is 6.66. The predicted octanol–water partition coefficient (Wildman–Crippen LogP) is 1.27. The number of nitrogen functional groups attached to an aromatic ring is 1. The number of aliphatic hydroxyl groups excluding tert-OH is 1. The molecule has 5 nitrogen and oxygen atoms in total. The third-order valence-electron chi connectivity index (χ3n) is 3.68. The number of hydrazine groups is 1. The summed E-state index contributed by atoms with van der Waals surface area (Å²) in [5.74, 6) is 5.42. The molecular formula is C14H21N3O2. The van der Waals surface area contributed by atoms with Crippen molar-refractivity contribution in [3.8, 4) is 0 Å². The van der Waals surface area contributed by atoms with Gasteiger partial charge in [-0.3, -0.25) is 10.6 Å². The lowest BCUT2D eigenvalue weighted by atomic mass is 9.91. The monoisotopic (exact) mass is 263 g/mol. The largest absolute Gasteiger partial charge is 0.395 e. The molecule has 1 aromatic rings. The van der Waals surface area contributed by atoms with Crippen molar-refractivity contribution in [2.75, 3.05) is 18.6 Å². The molecule has 2 rings (SSSR count). The van der Waals surface area contributed by atoms with Gasteiger partial charge in [0.05, 0.1) is 17.9 Å². The van der Waals surface area contributed by atoms with Crippen LogP contribution in [-0.2, 0) is 0 Å². The van der Waals surface area contributed by atoms with Gasteiger partial charge >= 0.3 is 0 Å². The number of carbonyl (C=O) groups is 1. The molecule has 104 valence electrons. The van der Waals surface area contributed by atoms with Gasteiger partial charge in [-0.1, -0.05) is 6.07 Å². The van der Waals surface area contributed by atoms with Crippen LogP contribution in [0.2, 0.25) is 0 Å². The van der Waals surface area contributed by atoms with E-state index < -0.39 is 0 Å². The number of amides is 1. The number of aryl methyl sites for hydroxylation is 1. The molecule has 0 unspecified atom stereocenters. The van der Waals surface area contributed by atoms with Crippen LogP contribution in [-0.4, -0.2) is 35.1 Å². The Bertz CT molecular complexity index is 458. The molecule has 1 saturated carbocycles. The van der Waals surface area contributed by atoms with E-state index in [0.29, 0.717) is 17.8 Å². The van der Waals surface area contributed by atoms with Crippen LogP contribution in [0.4, 0.5) is 5.69 Å². The Hall–Kier alpha value is -1.59. The molecule has 0 aromatic heterocycles. The van der Waals surface area contributed by atoms with Gasteiger partial charge in [-0.15, -0.1) is 0 Å². The number of hydrogen-bond donors (Lipinski definition) is 3. The van der Waals surface area contributed by atoms with Crippen LogP contribution in [0.5, 0.6) is 0 Å². The molecule has 0 heterocycles. The number of aliphatic hydroxyl groups is 1. The molecule has 1 aliphatic carbocycles. The highest BCUT2D eigenvalue weighted by Crippen LogP contribution is 2.27. The van der Waals surface area contributed by atoms with Crippen molar-refractivity contribution in [3.63, 3.8) is 0 Å². The Morgan fingerprint density at radius 2 is 2.26 bits per heavy atom. The van der Waals surface area contributed by atoms with Gasteiger partial charge in [0.25, 0.3) is 5.91 Å². The second-order valence-electron chi connectivity index (χ2n) is 5.00. The van der Waals surface area contributed by atoms with Gasteiger partial charge in [-0.05, 0) is 43.9 Å². The Labute approximate surface area is 113 Å². The Morgan fingerprint density at radius 1 is 1.53 bits per heavy atom. The second kappa shape index (κ2) is 6.04. The number of benzene rings is 1. The molecule has 5 heteroatoms. The summed E-state index contributed by atoms with van der Waals surface area (Å²) in [6.45, 7) is 2.31. The Balaban J connectivity index is 2.25. The molecule has 0 radical (unpaired) electrons. The summed E-state index contributed by atoms with van der Waals surface area (Å²) in [5, 5.41) is 9.14. The first-order valence-electron chi connectivity index (χ1n) is 6.66. The summed E-state index contributed by atoms with van der Waals surface area (Å²) >= 11 is 0. The fraction of sp³-hybridized carbons (Fsp3) is 0.500. The Morgan fingerprint density at radius 3 is 2.79 bits per heavy atom. The van der Waals surface area contributed by atoms with Crippen molar-refractivity contribution in [2.45, 2.75) is 32.2 Å². The van der Waals surface area contributed by atoms with Crippen LogP contribution < -0.4 is 11.3 Å². The van der Waals surface area contributed by atoms with Gasteiger partial charge in [0.1, 0.15) is 0 Å². The average molecular weight is 263 g/mol. The van der Waals surface area contributed by atoms with E-state index in [4.69, 9.17) is 10.9 Å². The van der Waals surface area contributed by atoms with E-state index >= 15 is 0 Å².